The molecule has 0 aromatic heterocycles. The molecule has 0 aliphatic rings. The first-order chi connectivity index (χ1) is 9.63. The first-order valence-corrected chi connectivity index (χ1v) is 6.04. The van der Waals surface area contributed by atoms with E-state index < -0.39 is 11.6 Å². The van der Waals surface area contributed by atoms with Gasteiger partial charge in [-0.05, 0) is 18.2 Å². The van der Waals surface area contributed by atoms with Gasteiger partial charge in [-0.1, -0.05) is 6.07 Å². The summed E-state index contributed by atoms with van der Waals surface area (Å²) >= 11 is 0. The molecular weight excluding hydrogens is 264 g/mol. The number of methoxy groups -OCH3 is 2. The van der Waals surface area contributed by atoms with E-state index in [2.05, 4.69) is 5.32 Å². The average Bonchev–Trinajstić information content (AvgIpc) is 2.46. The first kappa shape index (κ1) is 14.1. The maximum atomic E-state index is 13.5. The number of rotatable bonds is 5. The van der Waals surface area contributed by atoms with Crippen LogP contribution in [0.1, 0.15) is 5.56 Å². The van der Waals surface area contributed by atoms with Gasteiger partial charge >= 0.3 is 0 Å². The molecule has 0 heterocycles. The van der Waals surface area contributed by atoms with E-state index in [1.807, 2.05) is 0 Å². The molecule has 0 aliphatic heterocycles. The van der Waals surface area contributed by atoms with Crippen LogP contribution in [0.4, 0.5) is 14.5 Å². The zero-order valence-electron chi connectivity index (χ0n) is 11.2. The van der Waals surface area contributed by atoms with Crippen molar-refractivity contribution >= 4 is 5.69 Å². The van der Waals surface area contributed by atoms with Crippen molar-refractivity contribution in [3.63, 3.8) is 0 Å². The van der Waals surface area contributed by atoms with Crippen LogP contribution in [0.2, 0.25) is 0 Å². The van der Waals surface area contributed by atoms with Crippen LogP contribution in [-0.2, 0) is 6.54 Å². The van der Waals surface area contributed by atoms with Crippen LogP contribution in [0, 0.1) is 11.6 Å². The lowest BCUT2D eigenvalue weighted by molar-refractivity contribution is 0.395. The van der Waals surface area contributed by atoms with Gasteiger partial charge in [0.2, 0.25) is 0 Å². The maximum Gasteiger partial charge on any atom is 0.145 e. The van der Waals surface area contributed by atoms with Gasteiger partial charge in [0.15, 0.2) is 0 Å². The van der Waals surface area contributed by atoms with Gasteiger partial charge in [0.05, 0.1) is 19.9 Å². The van der Waals surface area contributed by atoms with Crippen molar-refractivity contribution in [2.45, 2.75) is 6.54 Å². The molecule has 0 saturated heterocycles. The summed E-state index contributed by atoms with van der Waals surface area (Å²) in [5.74, 6) is 0.0884. The van der Waals surface area contributed by atoms with E-state index in [4.69, 9.17) is 9.47 Å². The summed E-state index contributed by atoms with van der Waals surface area (Å²) in [7, 11) is 3.11. The van der Waals surface area contributed by atoms with Crippen molar-refractivity contribution in [2.75, 3.05) is 19.5 Å². The van der Waals surface area contributed by atoms with Crippen molar-refractivity contribution in [2.24, 2.45) is 0 Å². The third-order valence-corrected chi connectivity index (χ3v) is 2.89. The van der Waals surface area contributed by atoms with Crippen molar-refractivity contribution < 1.29 is 18.3 Å². The summed E-state index contributed by atoms with van der Waals surface area (Å²) in [6.07, 6.45) is 0. The predicted octanol–water partition coefficient (Wildman–Crippen LogP) is 3.59. The molecule has 0 fully saturated rings. The van der Waals surface area contributed by atoms with Gasteiger partial charge in [-0.15, -0.1) is 0 Å². The molecule has 20 heavy (non-hydrogen) atoms. The molecule has 2 rings (SSSR count). The fourth-order valence-electron chi connectivity index (χ4n) is 1.80. The van der Waals surface area contributed by atoms with Crippen LogP contribution in [0.15, 0.2) is 36.4 Å². The lowest BCUT2D eigenvalue weighted by Gasteiger charge is -2.13. The van der Waals surface area contributed by atoms with E-state index in [-0.39, 0.29) is 6.54 Å². The molecule has 0 bridgehead atoms. The zero-order chi connectivity index (χ0) is 14.5. The second-order valence-electron chi connectivity index (χ2n) is 4.16. The monoisotopic (exact) mass is 279 g/mol. The quantitative estimate of drug-likeness (QED) is 0.907. The predicted molar refractivity (Wildman–Crippen MR) is 73.2 cm³/mol. The normalized spacial score (nSPS) is 10.2. The fraction of sp³-hybridized carbons (Fsp3) is 0.200. The number of hydrogen-bond donors (Lipinski definition) is 1. The number of ether oxygens (including phenoxy) is 2. The number of halogens is 2. The Bertz CT molecular complexity index is 602. The SMILES string of the molecule is COc1ccc(NCc2ccc(F)cc2F)c(OC)c1. The molecule has 3 nitrogen and oxygen atoms in total. The van der Waals surface area contributed by atoms with Gasteiger partial charge in [-0.3, -0.25) is 0 Å². The third-order valence-electron chi connectivity index (χ3n) is 2.89. The number of benzene rings is 2. The van der Waals surface area contributed by atoms with Gasteiger partial charge in [0.25, 0.3) is 0 Å². The topological polar surface area (TPSA) is 30.5 Å². The van der Waals surface area contributed by atoms with Crippen molar-refractivity contribution in [1.29, 1.82) is 0 Å². The molecule has 0 spiro atoms. The fourth-order valence-corrected chi connectivity index (χ4v) is 1.80. The van der Waals surface area contributed by atoms with E-state index >= 15 is 0 Å². The highest BCUT2D eigenvalue weighted by atomic mass is 19.1. The van der Waals surface area contributed by atoms with Crippen LogP contribution in [0.25, 0.3) is 0 Å². The zero-order valence-corrected chi connectivity index (χ0v) is 11.2. The highest BCUT2D eigenvalue weighted by molar-refractivity contribution is 5.59. The smallest absolute Gasteiger partial charge is 0.145 e. The summed E-state index contributed by atoms with van der Waals surface area (Å²) < 4.78 is 36.7. The lowest BCUT2D eigenvalue weighted by atomic mass is 10.2. The second-order valence-corrected chi connectivity index (χ2v) is 4.16. The van der Waals surface area contributed by atoms with Crippen LogP contribution in [-0.4, -0.2) is 14.2 Å². The molecule has 2 aromatic carbocycles. The Morgan fingerprint density at radius 2 is 1.80 bits per heavy atom. The maximum absolute atomic E-state index is 13.5. The standard InChI is InChI=1S/C15H15F2NO2/c1-19-12-5-6-14(15(8-12)20-2)18-9-10-3-4-11(16)7-13(10)17/h3-8,18H,9H2,1-2H3. The summed E-state index contributed by atoms with van der Waals surface area (Å²) in [6.45, 7) is 0.231. The third kappa shape index (κ3) is 3.17. The first-order valence-electron chi connectivity index (χ1n) is 6.04. The molecule has 0 atom stereocenters. The molecular formula is C15H15F2NO2. The number of hydrogen-bond acceptors (Lipinski definition) is 3. The second kappa shape index (κ2) is 6.23. The molecule has 0 saturated carbocycles. The van der Waals surface area contributed by atoms with Crippen molar-refractivity contribution in [3.05, 3.63) is 53.6 Å². The van der Waals surface area contributed by atoms with Gasteiger partial charge in [0, 0.05) is 24.2 Å². The van der Waals surface area contributed by atoms with E-state index in [1.54, 1.807) is 32.4 Å². The molecule has 0 unspecified atom stereocenters. The van der Waals surface area contributed by atoms with Gasteiger partial charge < -0.3 is 14.8 Å². The Morgan fingerprint density at radius 1 is 1.00 bits per heavy atom. The highest BCUT2D eigenvalue weighted by Crippen LogP contribution is 2.29. The highest BCUT2D eigenvalue weighted by Gasteiger charge is 2.07. The minimum absolute atomic E-state index is 0.231. The van der Waals surface area contributed by atoms with Crippen LogP contribution >= 0.6 is 0 Å². The van der Waals surface area contributed by atoms with Crippen LogP contribution < -0.4 is 14.8 Å². The molecule has 0 aliphatic carbocycles. The van der Waals surface area contributed by atoms with Crippen molar-refractivity contribution in [3.8, 4) is 11.5 Å². The largest absolute Gasteiger partial charge is 0.497 e. The van der Waals surface area contributed by atoms with Crippen LogP contribution in [0.3, 0.4) is 0 Å². The van der Waals surface area contributed by atoms with Crippen LogP contribution in [0.5, 0.6) is 11.5 Å². The molecule has 106 valence electrons. The molecule has 0 amide bonds. The number of nitrogens with one attached hydrogen (secondary N) is 1. The van der Waals surface area contributed by atoms with E-state index in [9.17, 15) is 8.78 Å². The van der Waals surface area contributed by atoms with Gasteiger partial charge in [0.1, 0.15) is 23.1 Å². The average molecular weight is 279 g/mol. The summed E-state index contributed by atoms with van der Waals surface area (Å²) in [5.41, 5.74) is 1.08. The number of anilines is 1. The minimum atomic E-state index is -0.590. The molecule has 2 aromatic rings. The summed E-state index contributed by atoms with van der Waals surface area (Å²) in [6, 6.07) is 8.77. The Hall–Kier alpha value is -2.30. The molecule has 5 heteroatoms. The lowest BCUT2D eigenvalue weighted by Crippen LogP contribution is -2.03. The van der Waals surface area contributed by atoms with E-state index in [0.717, 1.165) is 6.07 Å². The Balaban J connectivity index is 2.14. The Kier molecular flexibility index (Phi) is 4.40. The molecule has 0 radical (unpaired) electrons. The summed E-state index contributed by atoms with van der Waals surface area (Å²) in [5, 5.41) is 3.05. The summed E-state index contributed by atoms with van der Waals surface area (Å²) in [4.78, 5) is 0. The van der Waals surface area contributed by atoms with Gasteiger partial charge in [-0.25, -0.2) is 8.78 Å². The van der Waals surface area contributed by atoms with Crippen molar-refractivity contribution in [1.82, 2.24) is 0 Å². The van der Waals surface area contributed by atoms with E-state index in [1.165, 1.54) is 12.1 Å². The molecule has 1 N–H and O–H groups in total. The Morgan fingerprint density at radius 3 is 2.45 bits per heavy atom. The Labute approximate surface area is 116 Å². The minimum Gasteiger partial charge on any atom is -0.497 e. The van der Waals surface area contributed by atoms with E-state index in [0.29, 0.717) is 22.7 Å². The van der Waals surface area contributed by atoms with Gasteiger partial charge in [-0.2, -0.15) is 0 Å².